The molecule has 0 unspecified atom stereocenters. The Hall–Kier alpha value is -0.980. The van der Waals surface area contributed by atoms with Gasteiger partial charge in [0, 0.05) is 20.7 Å². The van der Waals surface area contributed by atoms with Crippen LogP contribution in [0.5, 0.6) is 0 Å². The maximum Gasteiger partial charge on any atom is 0.130 e. The molecule has 18 heavy (non-hydrogen) atoms. The first-order valence-corrected chi connectivity index (χ1v) is 7.04. The summed E-state index contributed by atoms with van der Waals surface area (Å²) in [5.41, 5.74) is 7.20. The minimum absolute atomic E-state index is 0.344. The molecule has 1 aromatic carbocycles. The van der Waals surface area contributed by atoms with Crippen molar-refractivity contribution in [3.63, 3.8) is 0 Å². The van der Waals surface area contributed by atoms with E-state index in [1.807, 2.05) is 30.3 Å². The van der Waals surface area contributed by atoms with E-state index in [-0.39, 0.29) is 0 Å². The van der Waals surface area contributed by atoms with E-state index in [1.165, 1.54) is 0 Å². The van der Waals surface area contributed by atoms with Crippen molar-refractivity contribution in [2.45, 2.75) is 0 Å². The number of rotatable bonds is 3. The fourth-order valence-corrected chi connectivity index (χ4v) is 2.68. The summed E-state index contributed by atoms with van der Waals surface area (Å²) in [5, 5.41) is 3.22. The normalized spacial score (nSPS) is 10.1. The fourth-order valence-electron chi connectivity index (χ4n) is 1.36. The topological polar surface area (TPSA) is 50.9 Å². The van der Waals surface area contributed by atoms with Gasteiger partial charge in [0.15, 0.2) is 0 Å². The van der Waals surface area contributed by atoms with Crippen molar-refractivity contribution in [3.05, 3.63) is 51.0 Å². The average Bonchev–Trinajstić information content (AvgIpc) is 2.34. The highest BCUT2D eigenvalue weighted by molar-refractivity contribution is 9.11. The first-order chi connectivity index (χ1) is 8.58. The van der Waals surface area contributed by atoms with E-state index >= 15 is 0 Å². The van der Waals surface area contributed by atoms with Gasteiger partial charge in [0.2, 0.25) is 0 Å². The van der Waals surface area contributed by atoms with Gasteiger partial charge in [-0.2, -0.15) is 0 Å². The number of thiocarbonyl (C=S) groups is 1. The highest BCUT2D eigenvalue weighted by Gasteiger charge is 2.05. The van der Waals surface area contributed by atoms with Crippen LogP contribution in [-0.4, -0.2) is 9.97 Å². The predicted octanol–water partition coefficient (Wildman–Crippen LogP) is 3.98. The summed E-state index contributed by atoms with van der Waals surface area (Å²) < 4.78 is 1.91. The standard InChI is InChI=1S/C12H9Br2N3S/c13-8-2-1-3-9(14)11(8)17-10-5-4-7(6-16-10)12(15)18/h1-6H,(H2,15,18)(H,16,17). The lowest BCUT2D eigenvalue weighted by molar-refractivity contribution is 1.29. The maximum absolute atomic E-state index is 5.52. The minimum atomic E-state index is 0.344. The van der Waals surface area contributed by atoms with Gasteiger partial charge in [-0.15, -0.1) is 0 Å². The Kier molecular flexibility index (Phi) is 4.31. The monoisotopic (exact) mass is 385 g/mol. The van der Waals surface area contributed by atoms with E-state index in [1.54, 1.807) is 6.20 Å². The summed E-state index contributed by atoms with van der Waals surface area (Å²) in [6, 6.07) is 9.53. The molecule has 0 aliphatic rings. The zero-order valence-electron chi connectivity index (χ0n) is 9.15. The number of benzene rings is 1. The molecular weight excluding hydrogens is 378 g/mol. The molecule has 6 heteroatoms. The molecule has 3 nitrogen and oxygen atoms in total. The Morgan fingerprint density at radius 2 is 1.83 bits per heavy atom. The van der Waals surface area contributed by atoms with Crippen molar-refractivity contribution in [2.24, 2.45) is 5.73 Å². The largest absolute Gasteiger partial charge is 0.389 e. The van der Waals surface area contributed by atoms with Crippen LogP contribution < -0.4 is 11.1 Å². The van der Waals surface area contributed by atoms with Crippen LogP contribution in [0.3, 0.4) is 0 Å². The third-order valence-corrected chi connectivity index (χ3v) is 3.82. The van der Waals surface area contributed by atoms with Crippen molar-refractivity contribution in [3.8, 4) is 0 Å². The molecule has 0 saturated heterocycles. The fraction of sp³-hybridized carbons (Fsp3) is 0. The number of hydrogen-bond acceptors (Lipinski definition) is 3. The lowest BCUT2D eigenvalue weighted by Gasteiger charge is -2.10. The SMILES string of the molecule is NC(=S)c1ccc(Nc2c(Br)cccc2Br)nc1. The zero-order chi connectivity index (χ0) is 13.1. The van der Waals surface area contributed by atoms with Crippen LogP contribution in [-0.2, 0) is 0 Å². The Bertz CT molecular complexity index is 564. The highest BCUT2D eigenvalue weighted by atomic mass is 79.9. The second-order valence-electron chi connectivity index (χ2n) is 3.52. The Labute approximate surface area is 127 Å². The van der Waals surface area contributed by atoms with Gasteiger partial charge >= 0.3 is 0 Å². The van der Waals surface area contributed by atoms with E-state index in [4.69, 9.17) is 18.0 Å². The molecule has 0 amide bonds. The molecule has 1 aromatic heterocycles. The van der Waals surface area contributed by atoms with Crippen LogP contribution in [0, 0.1) is 0 Å². The van der Waals surface area contributed by atoms with Crippen LogP contribution in [0.1, 0.15) is 5.56 Å². The van der Waals surface area contributed by atoms with Gasteiger partial charge in [0.05, 0.1) is 5.69 Å². The zero-order valence-corrected chi connectivity index (χ0v) is 13.1. The summed E-state index contributed by atoms with van der Waals surface area (Å²) in [6.07, 6.45) is 1.65. The molecule has 2 aromatic rings. The average molecular weight is 387 g/mol. The molecule has 92 valence electrons. The van der Waals surface area contributed by atoms with E-state index < -0.39 is 0 Å². The van der Waals surface area contributed by atoms with Crippen molar-refractivity contribution in [1.29, 1.82) is 0 Å². The third kappa shape index (κ3) is 3.07. The Morgan fingerprint density at radius 3 is 2.33 bits per heavy atom. The molecule has 0 atom stereocenters. The van der Waals surface area contributed by atoms with Crippen molar-refractivity contribution >= 4 is 60.6 Å². The van der Waals surface area contributed by atoms with E-state index in [0.29, 0.717) is 4.99 Å². The minimum Gasteiger partial charge on any atom is -0.389 e. The number of nitrogens with one attached hydrogen (secondary N) is 1. The summed E-state index contributed by atoms with van der Waals surface area (Å²) in [7, 11) is 0. The summed E-state index contributed by atoms with van der Waals surface area (Å²) in [4.78, 5) is 4.60. The quantitative estimate of drug-likeness (QED) is 0.783. The lowest BCUT2D eigenvalue weighted by atomic mass is 10.3. The number of anilines is 2. The van der Waals surface area contributed by atoms with Crippen LogP contribution in [0.2, 0.25) is 0 Å². The first kappa shape index (κ1) is 13.5. The molecular formula is C12H9Br2N3S. The molecule has 0 aliphatic carbocycles. The lowest BCUT2D eigenvalue weighted by Crippen LogP contribution is -2.09. The van der Waals surface area contributed by atoms with E-state index in [2.05, 4.69) is 42.2 Å². The molecule has 0 radical (unpaired) electrons. The van der Waals surface area contributed by atoms with Gasteiger partial charge in [-0.25, -0.2) is 4.98 Å². The first-order valence-electron chi connectivity index (χ1n) is 5.05. The number of halogens is 2. The van der Waals surface area contributed by atoms with Crippen molar-refractivity contribution < 1.29 is 0 Å². The predicted molar refractivity (Wildman–Crippen MR) is 85.2 cm³/mol. The van der Waals surface area contributed by atoms with Crippen LogP contribution >= 0.6 is 44.1 Å². The van der Waals surface area contributed by atoms with Gasteiger partial charge in [0.1, 0.15) is 10.8 Å². The van der Waals surface area contributed by atoms with Crippen LogP contribution in [0.15, 0.2) is 45.5 Å². The molecule has 0 fully saturated rings. The van der Waals surface area contributed by atoms with Gasteiger partial charge in [-0.05, 0) is 56.1 Å². The van der Waals surface area contributed by atoms with Gasteiger partial charge in [-0.1, -0.05) is 18.3 Å². The summed E-state index contributed by atoms with van der Waals surface area (Å²) >= 11 is 11.8. The maximum atomic E-state index is 5.52. The number of para-hydroxylation sites is 1. The van der Waals surface area contributed by atoms with Crippen molar-refractivity contribution in [1.82, 2.24) is 4.98 Å². The van der Waals surface area contributed by atoms with Gasteiger partial charge in [-0.3, -0.25) is 0 Å². The van der Waals surface area contributed by atoms with Gasteiger partial charge in [0.25, 0.3) is 0 Å². The molecule has 0 aliphatic heterocycles. The summed E-state index contributed by atoms with van der Waals surface area (Å²) in [5.74, 6) is 0.725. The smallest absolute Gasteiger partial charge is 0.130 e. The van der Waals surface area contributed by atoms with Crippen LogP contribution in [0.4, 0.5) is 11.5 Å². The van der Waals surface area contributed by atoms with Crippen molar-refractivity contribution in [2.75, 3.05) is 5.32 Å². The summed E-state index contributed by atoms with van der Waals surface area (Å²) in [6.45, 7) is 0. The Balaban J connectivity index is 2.26. The number of hydrogen-bond donors (Lipinski definition) is 2. The molecule has 1 heterocycles. The highest BCUT2D eigenvalue weighted by Crippen LogP contribution is 2.32. The molecule has 3 N–H and O–H groups in total. The van der Waals surface area contributed by atoms with Crippen LogP contribution in [0.25, 0.3) is 0 Å². The molecule has 0 bridgehead atoms. The molecule has 0 spiro atoms. The van der Waals surface area contributed by atoms with Gasteiger partial charge < -0.3 is 11.1 Å². The third-order valence-electron chi connectivity index (χ3n) is 2.26. The number of nitrogens with two attached hydrogens (primary N) is 1. The number of aromatic nitrogens is 1. The molecule has 0 saturated carbocycles. The second-order valence-corrected chi connectivity index (χ2v) is 5.67. The second kappa shape index (κ2) is 5.77. The number of pyridine rings is 1. The van der Waals surface area contributed by atoms with E-state index in [9.17, 15) is 0 Å². The number of nitrogens with zero attached hydrogens (tertiary/aromatic N) is 1. The van der Waals surface area contributed by atoms with E-state index in [0.717, 1.165) is 26.0 Å². The Morgan fingerprint density at radius 1 is 1.17 bits per heavy atom. The molecule has 2 rings (SSSR count).